The highest BCUT2D eigenvalue weighted by atomic mass is 16.5. The zero-order valence-electron chi connectivity index (χ0n) is 10.9. The second-order valence-corrected chi connectivity index (χ2v) is 4.23. The van der Waals surface area contributed by atoms with Gasteiger partial charge in [-0.3, -0.25) is 9.59 Å². The lowest BCUT2D eigenvalue weighted by atomic mass is 10.2. The van der Waals surface area contributed by atoms with Gasteiger partial charge < -0.3 is 9.47 Å². The molecule has 0 aliphatic heterocycles. The molecule has 0 aliphatic carbocycles. The molecule has 1 aromatic rings. The van der Waals surface area contributed by atoms with Crippen molar-refractivity contribution in [3.8, 4) is 5.75 Å². The second kappa shape index (κ2) is 6.79. The summed E-state index contributed by atoms with van der Waals surface area (Å²) < 4.78 is 10.1. The molecule has 0 heterocycles. The van der Waals surface area contributed by atoms with Gasteiger partial charge in [0.05, 0.1) is 5.92 Å². The van der Waals surface area contributed by atoms with Crippen molar-refractivity contribution < 1.29 is 19.1 Å². The molecule has 18 heavy (non-hydrogen) atoms. The van der Waals surface area contributed by atoms with Crippen molar-refractivity contribution in [1.29, 1.82) is 0 Å². The standard InChI is InChI=1S/C14H18O4/c1-4-13(15)17-9-11-5-7-12(8-6-11)18-14(16)10(2)3/h5-8,10H,4,9H2,1-3H3. The van der Waals surface area contributed by atoms with Gasteiger partial charge in [-0.1, -0.05) is 32.9 Å². The van der Waals surface area contributed by atoms with Crippen LogP contribution in [0.3, 0.4) is 0 Å². The quantitative estimate of drug-likeness (QED) is 0.595. The number of hydrogen-bond donors (Lipinski definition) is 0. The Morgan fingerprint density at radius 2 is 1.78 bits per heavy atom. The molecule has 0 saturated heterocycles. The summed E-state index contributed by atoms with van der Waals surface area (Å²) in [6, 6.07) is 6.92. The lowest BCUT2D eigenvalue weighted by Crippen LogP contribution is -2.14. The molecule has 0 spiro atoms. The van der Waals surface area contributed by atoms with Crippen LogP contribution in [0.1, 0.15) is 32.8 Å². The highest BCUT2D eigenvalue weighted by Gasteiger charge is 2.09. The van der Waals surface area contributed by atoms with Gasteiger partial charge in [-0.15, -0.1) is 0 Å². The Hall–Kier alpha value is -1.84. The van der Waals surface area contributed by atoms with Crippen LogP contribution in [0.25, 0.3) is 0 Å². The van der Waals surface area contributed by atoms with Crippen LogP contribution in [-0.2, 0) is 20.9 Å². The third-order valence-corrected chi connectivity index (χ3v) is 2.30. The molecule has 1 aromatic carbocycles. The monoisotopic (exact) mass is 250 g/mol. The van der Waals surface area contributed by atoms with Gasteiger partial charge in [0, 0.05) is 6.42 Å². The Kier molecular flexibility index (Phi) is 5.36. The number of carbonyl (C=O) groups is 2. The van der Waals surface area contributed by atoms with Crippen molar-refractivity contribution in [3.63, 3.8) is 0 Å². The van der Waals surface area contributed by atoms with E-state index in [1.54, 1.807) is 45.0 Å². The summed E-state index contributed by atoms with van der Waals surface area (Å²) in [6.07, 6.45) is 0.365. The van der Waals surface area contributed by atoms with Crippen LogP contribution < -0.4 is 4.74 Å². The molecule has 0 bridgehead atoms. The summed E-state index contributed by atoms with van der Waals surface area (Å²) >= 11 is 0. The topological polar surface area (TPSA) is 52.6 Å². The summed E-state index contributed by atoms with van der Waals surface area (Å²) in [5.74, 6) is -0.153. The second-order valence-electron chi connectivity index (χ2n) is 4.23. The summed E-state index contributed by atoms with van der Waals surface area (Å²) in [5.41, 5.74) is 0.862. The first-order valence-corrected chi connectivity index (χ1v) is 5.99. The molecule has 98 valence electrons. The van der Waals surface area contributed by atoms with Crippen molar-refractivity contribution >= 4 is 11.9 Å². The summed E-state index contributed by atoms with van der Waals surface area (Å²) in [7, 11) is 0. The highest BCUT2D eigenvalue weighted by molar-refractivity contribution is 5.74. The van der Waals surface area contributed by atoms with E-state index >= 15 is 0 Å². The number of carbonyl (C=O) groups excluding carboxylic acids is 2. The van der Waals surface area contributed by atoms with Crippen molar-refractivity contribution in [2.75, 3.05) is 0 Å². The molecule has 0 aromatic heterocycles. The third kappa shape index (κ3) is 4.57. The number of rotatable bonds is 5. The first kappa shape index (κ1) is 14.2. The van der Waals surface area contributed by atoms with Gasteiger partial charge in [0.15, 0.2) is 0 Å². The van der Waals surface area contributed by atoms with Gasteiger partial charge in [-0.2, -0.15) is 0 Å². The molecular formula is C14H18O4. The fourth-order valence-corrected chi connectivity index (χ4v) is 1.15. The van der Waals surface area contributed by atoms with Gasteiger partial charge in [0.1, 0.15) is 12.4 Å². The molecule has 0 aliphatic rings. The normalized spacial score (nSPS) is 10.2. The van der Waals surface area contributed by atoms with Crippen molar-refractivity contribution in [3.05, 3.63) is 29.8 Å². The third-order valence-electron chi connectivity index (χ3n) is 2.30. The molecule has 0 N–H and O–H groups in total. The average molecular weight is 250 g/mol. The van der Waals surface area contributed by atoms with E-state index in [0.717, 1.165) is 5.56 Å². The zero-order valence-corrected chi connectivity index (χ0v) is 10.9. The predicted molar refractivity (Wildman–Crippen MR) is 67.0 cm³/mol. The zero-order chi connectivity index (χ0) is 13.5. The molecule has 4 nitrogen and oxygen atoms in total. The van der Waals surface area contributed by atoms with Gasteiger partial charge >= 0.3 is 11.9 Å². The van der Waals surface area contributed by atoms with Crippen LogP contribution in [-0.4, -0.2) is 11.9 Å². The number of benzene rings is 1. The largest absolute Gasteiger partial charge is 0.461 e. The molecular weight excluding hydrogens is 232 g/mol. The first-order chi connectivity index (χ1) is 8.52. The maximum absolute atomic E-state index is 11.4. The van der Waals surface area contributed by atoms with Gasteiger partial charge in [0.25, 0.3) is 0 Å². The minimum atomic E-state index is -0.264. The molecule has 0 atom stereocenters. The molecule has 4 heteroatoms. The van der Waals surface area contributed by atoms with E-state index in [4.69, 9.17) is 9.47 Å². The number of ether oxygens (including phenoxy) is 2. The minimum Gasteiger partial charge on any atom is -0.461 e. The molecule has 0 radical (unpaired) electrons. The summed E-state index contributed by atoms with van der Waals surface area (Å²) in [6.45, 7) is 5.55. The van der Waals surface area contributed by atoms with E-state index in [2.05, 4.69) is 0 Å². The van der Waals surface area contributed by atoms with Crippen LogP contribution in [0.2, 0.25) is 0 Å². The van der Waals surface area contributed by atoms with E-state index < -0.39 is 0 Å². The Labute approximate surface area is 107 Å². The lowest BCUT2D eigenvalue weighted by Gasteiger charge is -2.07. The Balaban J connectivity index is 2.52. The number of esters is 2. The van der Waals surface area contributed by atoms with Gasteiger partial charge in [-0.05, 0) is 17.7 Å². The minimum absolute atomic E-state index is 0.157. The lowest BCUT2D eigenvalue weighted by molar-refractivity contribution is -0.144. The summed E-state index contributed by atoms with van der Waals surface area (Å²) in [5, 5.41) is 0. The Bertz CT molecular complexity index is 406. The Morgan fingerprint density at radius 1 is 1.17 bits per heavy atom. The maximum Gasteiger partial charge on any atom is 0.313 e. The van der Waals surface area contributed by atoms with E-state index in [9.17, 15) is 9.59 Å². The molecule has 1 rings (SSSR count). The molecule has 0 fully saturated rings. The maximum atomic E-state index is 11.4. The first-order valence-electron chi connectivity index (χ1n) is 5.99. The van der Waals surface area contributed by atoms with Crippen LogP contribution in [0.15, 0.2) is 24.3 Å². The van der Waals surface area contributed by atoms with E-state index in [1.807, 2.05) is 0 Å². The Morgan fingerprint density at radius 3 is 2.28 bits per heavy atom. The smallest absolute Gasteiger partial charge is 0.313 e. The van der Waals surface area contributed by atoms with Crippen molar-refractivity contribution in [2.45, 2.75) is 33.8 Å². The molecule has 0 amide bonds. The van der Waals surface area contributed by atoms with Gasteiger partial charge in [-0.25, -0.2) is 0 Å². The van der Waals surface area contributed by atoms with Crippen LogP contribution in [0.4, 0.5) is 0 Å². The fraction of sp³-hybridized carbons (Fsp3) is 0.429. The average Bonchev–Trinajstić information content (AvgIpc) is 2.37. The van der Waals surface area contributed by atoms with Gasteiger partial charge in [0.2, 0.25) is 0 Å². The van der Waals surface area contributed by atoms with E-state index in [-0.39, 0.29) is 24.5 Å². The summed E-state index contributed by atoms with van der Waals surface area (Å²) in [4.78, 5) is 22.3. The van der Waals surface area contributed by atoms with Crippen molar-refractivity contribution in [2.24, 2.45) is 5.92 Å². The predicted octanol–water partition coefficient (Wildman–Crippen LogP) is 2.70. The molecule has 0 saturated carbocycles. The number of hydrogen-bond acceptors (Lipinski definition) is 4. The fourth-order valence-electron chi connectivity index (χ4n) is 1.15. The van der Waals surface area contributed by atoms with E-state index in [0.29, 0.717) is 12.2 Å². The highest BCUT2D eigenvalue weighted by Crippen LogP contribution is 2.14. The van der Waals surface area contributed by atoms with E-state index in [1.165, 1.54) is 0 Å². The van der Waals surface area contributed by atoms with Crippen molar-refractivity contribution in [1.82, 2.24) is 0 Å². The SMILES string of the molecule is CCC(=O)OCc1ccc(OC(=O)C(C)C)cc1. The van der Waals surface area contributed by atoms with Crippen LogP contribution in [0, 0.1) is 5.92 Å². The molecule has 0 unspecified atom stereocenters. The van der Waals surface area contributed by atoms with Crippen LogP contribution >= 0.6 is 0 Å². The van der Waals surface area contributed by atoms with Crippen LogP contribution in [0.5, 0.6) is 5.75 Å².